The van der Waals surface area contributed by atoms with Gasteiger partial charge in [0.25, 0.3) is 15.9 Å². The minimum atomic E-state index is -4.72. The Morgan fingerprint density at radius 3 is 2.24 bits per heavy atom. The fraction of sp³-hybridized carbons (Fsp3) is 0.432. The molecule has 0 aliphatic carbocycles. The molecule has 0 aromatic heterocycles. The average Bonchev–Trinajstić information content (AvgIpc) is 3.42. The molecule has 13 nitrogen and oxygen atoms in total. The van der Waals surface area contributed by atoms with E-state index in [2.05, 4.69) is 23.0 Å². The second-order valence-electron chi connectivity index (χ2n) is 12.7. The van der Waals surface area contributed by atoms with Crippen LogP contribution in [0, 0.1) is 17.2 Å². The molecule has 0 bridgehead atoms. The highest BCUT2D eigenvalue weighted by Gasteiger charge is 2.61. The summed E-state index contributed by atoms with van der Waals surface area (Å²) < 4.78 is 52.9. The fourth-order valence-electron chi connectivity index (χ4n) is 7.18. The molecule has 1 unspecified atom stereocenters. The molecule has 2 saturated heterocycles. The molecular formula is C37H43N5O8S. The number of benzene rings is 3. The topological polar surface area (TPSA) is 142 Å². The summed E-state index contributed by atoms with van der Waals surface area (Å²) in [5.74, 6) is 0.172. The summed E-state index contributed by atoms with van der Waals surface area (Å²) in [4.78, 5) is 30.7. The van der Waals surface area contributed by atoms with E-state index in [4.69, 9.17) is 18.9 Å². The van der Waals surface area contributed by atoms with Crippen LogP contribution >= 0.6 is 0 Å². The van der Waals surface area contributed by atoms with Gasteiger partial charge in [0.05, 0.1) is 43.7 Å². The Kier molecular flexibility index (Phi) is 10.4. The molecule has 0 N–H and O–H groups in total. The minimum Gasteiger partial charge on any atom is -0.497 e. The van der Waals surface area contributed by atoms with Gasteiger partial charge in [0, 0.05) is 50.9 Å². The van der Waals surface area contributed by atoms with Crippen molar-refractivity contribution in [1.82, 2.24) is 14.9 Å². The smallest absolute Gasteiger partial charge is 0.411 e. The fourth-order valence-corrected chi connectivity index (χ4v) is 8.78. The molecule has 2 fully saturated rings. The number of anilines is 1. The molecule has 1 atom stereocenters. The molecule has 3 aliphatic heterocycles. The van der Waals surface area contributed by atoms with E-state index in [0.29, 0.717) is 36.2 Å². The van der Waals surface area contributed by atoms with Crippen LogP contribution in [-0.2, 0) is 25.2 Å². The zero-order chi connectivity index (χ0) is 36.3. The first kappa shape index (κ1) is 36.0. The maximum absolute atomic E-state index is 15.1. The second kappa shape index (κ2) is 14.8. The van der Waals surface area contributed by atoms with Crippen LogP contribution in [-0.4, -0.2) is 95.4 Å². The van der Waals surface area contributed by atoms with Crippen molar-refractivity contribution in [2.45, 2.75) is 43.6 Å². The highest BCUT2D eigenvalue weighted by Crippen LogP contribution is 2.52. The summed E-state index contributed by atoms with van der Waals surface area (Å²) in [5.41, 5.74) is -2.13. The van der Waals surface area contributed by atoms with Crippen molar-refractivity contribution in [3.05, 3.63) is 77.4 Å². The van der Waals surface area contributed by atoms with Gasteiger partial charge in [-0.25, -0.2) is 23.2 Å². The number of hydrogen-bond acceptors (Lipinski definition) is 11. The largest absolute Gasteiger partial charge is 0.497 e. The first-order valence-corrected chi connectivity index (χ1v) is 18.6. The highest BCUT2D eigenvalue weighted by molar-refractivity contribution is 7.93. The van der Waals surface area contributed by atoms with Gasteiger partial charge >= 0.3 is 6.09 Å². The van der Waals surface area contributed by atoms with Crippen LogP contribution < -0.4 is 18.5 Å². The first-order valence-electron chi connectivity index (χ1n) is 17.2. The summed E-state index contributed by atoms with van der Waals surface area (Å²) >= 11 is 0. The first-order chi connectivity index (χ1) is 24.6. The minimum absolute atomic E-state index is 0.0144. The Labute approximate surface area is 298 Å². The summed E-state index contributed by atoms with van der Waals surface area (Å²) in [7, 11) is -1.97. The van der Waals surface area contributed by atoms with Crippen molar-refractivity contribution >= 4 is 27.7 Å². The lowest BCUT2D eigenvalue weighted by molar-refractivity contribution is -0.133. The Bertz CT molecular complexity index is 1930. The summed E-state index contributed by atoms with van der Waals surface area (Å²) in [5, 5.41) is 14.6. The average molecular weight is 718 g/mol. The molecule has 3 aliphatic rings. The Morgan fingerprint density at radius 1 is 0.882 bits per heavy atom. The number of carbonyl (C=O) groups excluding carboxylic acids is 2. The van der Waals surface area contributed by atoms with Gasteiger partial charge in [-0.15, -0.1) is 0 Å². The van der Waals surface area contributed by atoms with E-state index in [0.717, 1.165) is 31.8 Å². The van der Waals surface area contributed by atoms with Crippen molar-refractivity contribution in [2.75, 3.05) is 64.4 Å². The van der Waals surface area contributed by atoms with Crippen molar-refractivity contribution in [1.29, 1.82) is 5.26 Å². The molecule has 51 heavy (non-hydrogen) atoms. The van der Waals surface area contributed by atoms with E-state index in [9.17, 15) is 18.5 Å². The van der Waals surface area contributed by atoms with Crippen LogP contribution in [0.4, 0.5) is 10.5 Å². The van der Waals surface area contributed by atoms with Crippen molar-refractivity contribution in [3.63, 3.8) is 0 Å². The maximum atomic E-state index is 15.1. The lowest BCUT2D eigenvalue weighted by Gasteiger charge is -2.44. The van der Waals surface area contributed by atoms with Crippen LogP contribution in [0.25, 0.3) is 0 Å². The standard InChI is InChI=1S/C37H43N5O8S/c1-5-26-15-17-40(18-16-26)41-21-19-39(20-22-41)36(44)50-37(29-9-7-8-10-32(29)49-6-2)30-23-27(25-38)11-13-31(30)42(35(37)43)51(45,46)34-14-12-28(47-3)24-33(34)48-4/h7-14,23-24,26H,5-6,15-22H2,1-4H3. The molecule has 0 radical (unpaired) electrons. The van der Waals surface area contributed by atoms with Crippen LogP contribution in [0.15, 0.2) is 65.6 Å². The monoisotopic (exact) mass is 717 g/mol. The van der Waals surface area contributed by atoms with E-state index < -0.39 is 27.6 Å². The zero-order valence-corrected chi connectivity index (χ0v) is 30.1. The number of nitrogens with zero attached hydrogens (tertiary/aromatic N) is 5. The number of fused-ring (bicyclic) bond motifs is 1. The SMILES string of the molecule is CCOc1ccccc1C1(OC(=O)N2CCN(N3CCC(CC)CC3)CC2)C(=O)N(S(=O)(=O)c2ccc(OC)cc2OC)c2ccc(C#N)cc21. The number of para-hydroxylation sites is 1. The lowest BCUT2D eigenvalue weighted by Crippen LogP contribution is -2.57. The number of carbonyl (C=O) groups is 2. The molecule has 2 amide bonds. The predicted octanol–water partition coefficient (Wildman–Crippen LogP) is 4.74. The number of methoxy groups -OCH3 is 2. The number of ether oxygens (including phenoxy) is 4. The van der Waals surface area contributed by atoms with Crippen LogP contribution in [0.3, 0.4) is 0 Å². The molecule has 6 rings (SSSR count). The normalized spacial score (nSPS) is 20.1. The third-order valence-electron chi connectivity index (χ3n) is 9.99. The van der Waals surface area contributed by atoms with Gasteiger partial charge in [-0.05, 0) is 62.1 Å². The molecular weight excluding hydrogens is 675 g/mol. The molecule has 3 aromatic rings. The van der Waals surface area contributed by atoms with E-state index >= 15 is 4.79 Å². The van der Waals surface area contributed by atoms with Gasteiger partial charge < -0.3 is 23.8 Å². The van der Waals surface area contributed by atoms with Crippen LogP contribution in [0.5, 0.6) is 17.2 Å². The number of sulfonamides is 1. The number of amides is 2. The Morgan fingerprint density at radius 2 is 1.59 bits per heavy atom. The number of hydrogen-bond donors (Lipinski definition) is 0. The van der Waals surface area contributed by atoms with Crippen LogP contribution in [0.2, 0.25) is 0 Å². The zero-order valence-electron chi connectivity index (χ0n) is 29.3. The van der Waals surface area contributed by atoms with Gasteiger partial charge in [0.15, 0.2) is 0 Å². The van der Waals surface area contributed by atoms with Gasteiger partial charge in [-0.2, -0.15) is 9.57 Å². The number of piperidine rings is 1. The summed E-state index contributed by atoms with van der Waals surface area (Å²) in [6.45, 7) is 7.97. The summed E-state index contributed by atoms with van der Waals surface area (Å²) in [6, 6.07) is 16.9. The number of rotatable bonds is 10. The second-order valence-corrected chi connectivity index (χ2v) is 14.4. The highest BCUT2D eigenvalue weighted by atomic mass is 32.2. The predicted molar refractivity (Wildman–Crippen MR) is 188 cm³/mol. The van der Waals surface area contributed by atoms with E-state index in [1.807, 2.05) is 0 Å². The van der Waals surface area contributed by atoms with Crippen molar-refractivity contribution in [2.24, 2.45) is 5.92 Å². The molecule has 14 heteroatoms. The molecule has 3 aromatic carbocycles. The van der Waals surface area contributed by atoms with Crippen molar-refractivity contribution in [3.8, 4) is 23.3 Å². The number of piperazine rings is 1. The number of nitriles is 1. The van der Waals surface area contributed by atoms with E-state index in [1.54, 1.807) is 31.2 Å². The van der Waals surface area contributed by atoms with Gasteiger partial charge in [0.2, 0.25) is 5.60 Å². The van der Waals surface area contributed by atoms with E-state index in [-0.39, 0.29) is 45.4 Å². The molecule has 270 valence electrons. The van der Waals surface area contributed by atoms with Gasteiger partial charge in [-0.3, -0.25) is 4.79 Å². The maximum Gasteiger partial charge on any atom is 0.411 e. The Balaban J connectivity index is 1.43. The van der Waals surface area contributed by atoms with Crippen molar-refractivity contribution < 1.29 is 37.0 Å². The molecule has 0 spiro atoms. The van der Waals surface area contributed by atoms with Gasteiger partial charge in [-0.1, -0.05) is 31.5 Å². The third kappa shape index (κ3) is 6.45. The van der Waals surface area contributed by atoms with Gasteiger partial charge in [0.1, 0.15) is 22.1 Å². The summed E-state index contributed by atoms with van der Waals surface area (Å²) in [6.07, 6.45) is 2.64. The molecule has 3 heterocycles. The number of hydrazine groups is 1. The van der Waals surface area contributed by atoms with E-state index in [1.165, 1.54) is 61.9 Å². The lowest BCUT2D eigenvalue weighted by atomic mass is 9.85. The molecule has 0 saturated carbocycles. The quantitative estimate of drug-likeness (QED) is 0.287. The van der Waals surface area contributed by atoms with Crippen LogP contribution in [0.1, 0.15) is 49.8 Å². The Hall–Kier alpha value is -4.84. The third-order valence-corrected chi connectivity index (χ3v) is 11.7.